The molecule has 1 aromatic rings. The third-order valence-corrected chi connectivity index (χ3v) is 7.64. The number of fused-ring (bicyclic) bond motifs is 2. The molecular formula is C30H42N4O5. The Hall–Kier alpha value is -3.36. The Bertz CT molecular complexity index is 1110. The van der Waals surface area contributed by atoms with Crippen LogP contribution in [-0.2, 0) is 19.1 Å². The molecule has 39 heavy (non-hydrogen) atoms. The van der Waals surface area contributed by atoms with Gasteiger partial charge in [-0.1, -0.05) is 42.7 Å². The number of amides is 4. The number of benzene rings is 1. The number of allylic oxidation sites excluding steroid dienone is 1. The lowest BCUT2D eigenvalue weighted by molar-refractivity contribution is -0.141. The normalized spacial score (nSPS) is 28.6. The predicted octanol–water partition coefficient (Wildman–Crippen LogP) is 4.21. The number of hydrogen-bond donors (Lipinski definition) is 3. The molecule has 9 nitrogen and oxygen atoms in total. The molecule has 2 aliphatic heterocycles. The van der Waals surface area contributed by atoms with E-state index in [4.69, 9.17) is 4.74 Å². The van der Waals surface area contributed by atoms with Gasteiger partial charge in [0.2, 0.25) is 11.8 Å². The van der Waals surface area contributed by atoms with Gasteiger partial charge in [-0.2, -0.15) is 0 Å². The Balaban J connectivity index is 1.54. The first-order chi connectivity index (χ1) is 18.5. The number of aryl methyl sites for hydroxylation is 1. The minimum absolute atomic E-state index is 0.107. The van der Waals surface area contributed by atoms with Crippen LogP contribution in [0.3, 0.4) is 0 Å². The first-order valence-corrected chi connectivity index (χ1v) is 14.2. The van der Waals surface area contributed by atoms with E-state index in [2.05, 4.69) is 22.0 Å². The van der Waals surface area contributed by atoms with Crippen LogP contribution in [0.4, 0.5) is 10.5 Å². The number of nitrogens with zero attached hydrogens (tertiary/aromatic N) is 1. The second-order valence-corrected chi connectivity index (χ2v) is 12.0. The first-order valence-electron chi connectivity index (χ1n) is 14.2. The molecule has 1 saturated heterocycles. The van der Waals surface area contributed by atoms with Gasteiger partial charge in [-0.25, -0.2) is 4.79 Å². The van der Waals surface area contributed by atoms with Gasteiger partial charge < -0.3 is 25.6 Å². The summed E-state index contributed by atoms with van der Waals surface area (Å²) < 4.78 is 5.41. The Morgan fingerprint density at radius 2 is 1.79 bits per heavy atom. The number of ether oxygens (including phenoxy) is 1. The average Bonchev–Trinajstić information content (AvgIpc) is 3.32. The molecule has 3 N–H and O–H groups in total. The summed E-state index contributed by atoms with van der Waals surface area (Å²) in [5.74, 6) is -0.970. The Labute approximate surface area is 231 Å². The largest absolute Gasteiger partial charge is 0.444 e. The van der Waals surface area contributed by atoms with Crippen molar-refractivity contribution in [3.05, 3.63) is 42.0 Å². The number of alkyl carbamates (subject to hydrolysis) is 1. The van der Waals surface area contributed by atoms with Gasteiger partial charge >= 0.3 is 6.09 Å². The number of rotatable bonds is 3. The zero-order chi connectivity index (χ0) is 28.2. The Kier molecular flexibility index (Phi) is 8.67. The molecule has 4 amide bonds. The number of hydrogen-bond acceptors (Lipinski definition) is 5. The van der Waals surface area contributed by atoms with Crippen molar-refractivity contribution in [3.63, 3.8) is 0 Å². The van der Waals surface area contributed by atoms with Crippen LogP contribution in [0.1, 0.15) is 77.7 Å². The first kappa shape index (κ1) is 28.6. The van der Waals surface area contributed by atoms with Crippen molar-refractivity contribution in [2.45, 2.75) is 102 Å². The monoisotopic (exact) mass is 538 g/mol. The van der Waals surface area contributed by atoms with Crippen LogP contribution in [0.15, 0.2) is 36.4 Å². The van der Waals surface area contributed by atoms with Gasteiger partial charge in [0, 0.05) is 18.2 Å². The summed E-state index contributed by atoms with van der Waals surface area (Å²) in [6, 6.07) is 6.08. The van der Waals surface area contributed by atoms with E-state index in [-0.39, 0.29) is 23.6 Å². The predicted molar refractivity (Wildman–Crippen MR) is 149 cm³/mol. The van der Waals surface area contributed by atoms with E-state index >= 15 is 0 Å². The highest BCUT2D eigenvalue weighted by molar-refractivity contribution is 6.04. The van der Waals surface area contributed by atoms with Gasteiger partial charge in [0.25, 0.3) is 5.91 Å². The molecule has 0 spiro atoms. The fourth-order valence-corrected chi connectivity index (χ4v) is 5.42. The van der Waals surface area contributed by atoms with Gasteiger partial charge in [0.15, 0.2) is 0 Å². The minimum atomic E-state index is -1.05. The quantitative estimate of drug-likeness (QED) is 0.499. The summed E-state index contributed by atoms with van der Waals surface area (Å²) in [6.45, 7) is 7.73. The van der Waals surface area contributed by atoms with E-state index in [1.54, 1.807) is 25.7 Å². The van der Waals surface area contributed by atoms with E-state index in [1.807, 2.05) is 37.3 Å². The molecular weight excluding hydrogens is 496 g/mol. The molecule has 0 bridgehead atoms. The van der Waals surface area contributed by atoms with Crippen molar-refractivity contribution in [2.24, 2.45) is 5.92 Å². The smallest absolute Gasteiger partial charge is 0.408 e. The van der Waals surface area contributed by atoms with Crippen LogP contribution in [-0.4, -0.2) is 58.5 Å². The molecule has 3 aliphatic rings. The van der Waals surface area contributed by atoms with Crippen molar-refractivity contribution in [3.8, 4) is 0 Å². The Morgan fingerprint density at radius 1 is 1.05 bits per heavy atom. The molecule has 0 aromatic heterocycles. The number of anilines is 1. The van der Waals surface area contributed by atoms with Crippen LogP contribution in [0.25, 0.3) is 0 Å². The molecule has 0 unspecified atom stereocenters. The molecule has 2 heterocycles. The lowest BCUT2D eigenvalue weighted by atomic mass is 10.0. The number of carbonyl (C=O) groups excluding carboxylic acids is 4. The van der Waals surface area contributed by atoms with E-state index in [0.717, 1.165) is 31.2 Å². The van der Waals surface area contributed by atoms with Crippen LogP contribution in [0.2, 0.25) is 0 Å². The summed E-state index contributed by atoms with van der Waals surface area (Å²) >= 11 is 0. The molecule has 9 heteroatoms. The standard InChI is InChI=1S/C30H42N4O5/c1-20-14-16-22(17-15-20)31-27(37)30-19-21(30)11-8-6-5-7-9-12-23(32-28(38)39-29(2,3)4)26(36)34-18-10-13-24(34)25(35)33-30/h8,11,14-17,21,23-24H,5-7,9-10,12-13,18-19H2,1-4H3,(H,31,37)(H,32,38)(H,33,35)/b11-8-/t21-,23-,24-,30+/m0/s1. The SMILES string of the molecule is Cc1ccc(NC(=O)[C@@]23C[C@@H]2/C=C\CCCCC[C@H](NC(=O)OC(C)(C)C)C(=O)N2CCC[C@H]2C(=O)N3)cc1. The van der Waals surface area contributed by atoms with Crippen LogP contribution >= 0.6 is 0 Å². The number of nitrogens with one attached hydrogen (secondary N) is 3. The summed E-state index contributed by atoms with van der Waals surface area (Å²) in [6.07, 6.45) is 9.07. The second kappa shape index (κ2) is 11.8. The van der Waals surface area contributed by atoms with Crippen LogP contribution in [0, 0.1) is 12.8 Å². The second-order valence-electron chi connectivity index (χ2n) is 12.0. The van der Waals surface area contributed by atoms with E-state index < -0.39 is 29.3 Å². The lowest BCUT2D eigenvalue weighted by Crippen LogP contribution is -2.57. The molecule has 1 aromatic carbocycles. The number of carbonyl (C=O) groups is 4. The zero-order valence-electron chi connectivity index (χ0n) is 23.5. The maximum Gasteiger partial charge on any atom is 0.408 e. The molecule has 1 saturated carbocycles. The fourth-order valence-electron chi connectivity index (χ4n) is 5.42. The molecule has 1 aliphatic carbocycles. The van der Waals surface area contributed by atoms with Crippen LogP contribution < -0.4 is 16.0 Å². The van der Waals surface area contributed by atoms with Crippen molar-refractivity contribution in [2.75, 3.05) is 11.9 Å². The molecule has 0 radical (unpaired) electrons. The van der Waals surface area contributed by atoms with Crippen molar-refractivity contribution < 1.29 is 23.9 Å². The average molecular weight is 539 g/mol. The maximum absolute atomic E-state index is 13.7. The summed E-state index contributed by atoms with van der Waals surface area (Å²) in [5.41, 5.74) is 0.0211. The van der Waals surface area contributed by atoms with Gasteiger partial charge in [-0.3, -0.25) is 14.4 Å². The van der Waals surface area contributed by atoms with E-state index in [9.17, 15) is 19.2 Å². The summed E-state index contributed by atoms with van der Waals surface area (Å²) in [5, 5.41) is 8.77. The van der Waals surface area contributed by atoms with Crippen molar-refractivity contribution in [1.29, 1.82) is 0 Å². The highest BCUT2D eigenvalue weighted by Gasteiger charge is 2.60. The minimum Gasteiger partial charge on any atom is -0.444 e. The molecule has 4 atom stereocenters. The topological polar surface area (TPSA) is 117 Å². The summed E-state index contributed by atoms with van der Waals surface area (Å²) in [7, 11) is 0. The van der Waals surface area contributed by atoms with Gasteiger partial charge in [-0.15, -0.1) is 0 Å². The maximum atomic E-state index is 13.7. The molecule has 2 fully saturated rings. The van der Waals surface area contributed by atoms with Crippen molar-refractivity contribution >= 4 is 29.5 Å². The van der Waals surface area contributed by atoms with Crippen molar-refractivity contribution in [1.82, 2.24) is 15.5 Å². The van der Waals surface area contributed by atoms with E-state index in [0.29, 0.717) is 37.9 Å². The van der Waals surface area contributed by atoms with Gasteiger partial charge in [0.05, 0.1) is 0 Å². The zero-order valence-corrected chi connectivity index (χ0v) is 23.5. The lowest BCUT2D eigenvalue weighted by Gasteiger charge is -2.30. The van der Waals surface area contributed by atoms with Gasteiger partial charge in [-0.05, 0) is 78.4 Å². The molecule has 212 valence electrons. The van der Waals surface area contributed by atoms with Gasteiger partial charge in [0.1, 0.15) is 23.2 Å². The van der Waals surface area contributed by atoms with Crippen LogP contribution in [0.5, 0.6) is 0 Å². The third-order valence-electron chi connectivity index (χ3n) is 7.64. The fraction of sp³-hybridized carbons (Fsp3) is 0.600. The highest BCUT2D eigenvalue weighted by atomic mass is 16.6. The third kappa shape index (κ3) is 7.19. The van der Waals surface area contributed by atoms with E-state index in [1.165, 1.54) is 0 Å². The Morgan fingerprint density at radius 3 is 2.51 bits per heavy atom. The summed E-state index contributed by atoms with van der Waals surface area (Å²) in [4.78, 5) is 54.9. The molecule has 4 rings (SSSR count). The highest BCUT2D eigenvalue weighted by Crippen LogP contribution is 2.46.